The molecule has 9 heteroatoms. The van der Waals surface area contributed by atoms with Crippen molar-refractivity contribution >= 4 is 22.8 Å². The second-order valence-electron chi connectivity index (χ2n) is 5.84. The van der Waals surface area contributed by atoms with Crippen molar-refractivity contribution in [3.05, 3.63) is 59.7 Å². The molecule has 1 aromatic carbocycles. The molecule has 136 valence electrons. The van der Waals surface area contributed by atoms with Gasteiger partial charge in [0.1, 0.15) is 23.5 Å². The number of H-pyrrole nitrogens is 1. The zero-order valence-corrected chi connectivity index (χ0v) is 14.0. The van der Waals surface area contributed by atoms with Gasteiger partial charge >= 0.3 is 0 Å². The minimum Gasteiger partial charge on any atom is -0.384 e. The third-order valence-electron chi connectivity index (χ3n) is 3.94. The van der Waals surface area contributed by atoms with Gasteiger partial charge in [-0.05, 0) is 17.2 Å². The number of aromatic amines is 1. The molecular weight excluding hydrogens is 335 g/mol. The second kappa shape index (κ2) is 7.70. The number of hydrogen-bond acceptors (Lipinski definition) is 7. The smallest absolute Gasteiger partial charge is 0.232 e. The zero-order valence-electron chi connectivity index (χ0n) is 14.0. The molecule has 2 heterocycles. The Morgan fingerprint density at radius 2 is 1.88 bits per heavy atom. The maximum absolute atomic E-state index is 12.7. The van der Waals surface area contributed by atoms with Crippen molar-refractivity contribution in [3.63, 3.8) is 0 Å². The van der Waals surface area contributed by atoms with E-state index >= 15 is 0 Å². The summed E-state index contributed by atoms with van der Waals surface area (Å²) in [5.41, 5.74) is 16.6. The average Bonchev–Trinajstić information content (AvgIpc) is 3.20. The van der Waals surface area contributed by atoms with E-state index in [4.69, 9.17) is 17.3 Å². The van der Waals surface area contributed by atoms with Crippen LogP contribution in [0.4, 0.5) is 16.2 Å². The fourth-order valence-electron chi connectivity index (χ4n) is 2.78. The highest BCUT2D eigenvalue weighted by Crippen LogP contribution is 2.23. The van der Waals surface area contributed by atoms with Gasteiger partial charge in [0.2, 0.25) is 5.95 Å². The molecule has 4 rings (SSSR count). The first-order valence-electron chi connectivity index (χ1n) is 8.07. The normalized spacial score (nSPS) is 13.8. The van der Waals surface area contributed by atoms with Gasteiger partial charge in [-0.25, -0.2) is 4.39 Å². The van der Waals surface area contributed by atoms with Crippen LogP contribution < -0.4 is 28.1 Å². The van der Waals surface area contributed by atoms with Gasteiger partial charge in [0.25, 0.3) is 0 Å². The fourth-order valence-corrected chi connectivity index (χ4v) is 2.78. The standard InChI is InChI=1S/C9H9F.C8H12N8/c10-9-5-7-3-1-2-4-8(7)6-9;9-5(3-13-11)14-8-15-6(10)4-1-2-12-7(4)16-8/h1-4,9H,5-6H2;1-3,13H,9,11H2,(H4,10,12,14,15,16)/b;5-3+. The van der Waals surface area contributed by atoms with Crippen LogP contribution in [0.15, 0.2) is 48.5 Å². The molecule has 0 fully saturated rings. The molecule has 0 bridgehead atoms. The molecule has 0 spiro atoms. The lowest BCUT2D eigenvalue weighted by molar-refractivity contribution is 0.349. The van der Waals surface area contributed by atoms with E-state index in [1.54, 1.807) is 12.3 Å². The number of hydrogen-bond donors (Lipinski definition) is 6. The summed E-state index contributed by atoms with van der Waals surface area (Å²) in [6.07, 6.45) is 3.72. The Labute approximate surface area is 149 Å². The molecule has 0 aliphatic heterocycles. The van der Waals surface area contributed by atoms with Crippen molar-refractivity contribution in [2.45, 2.75) is 19.0 Å². The highest BCUT2D eigenvalue weighted by Gasteiger charge is 2.19. The SMILES string of the molecule is FC1Cc2ccccc2C1.NN/C=C(\N)Nc1nc(N)c2cc[nH]c2n1. The molecule has 3 aromatic rings. The summed E-state index contributed by atoms with van der Waals surface area (Å²) >= 11 is 0. The predicted octanol–water partition coefficient (Wildman–Crippen LogP) is 1.30. The van der Waals surface area contributed by atoms with Crippen LogP contribution in [0.1, 0.15) is 11.1 Å². The number of halogens is 1. The quantitative estimate of drug-likeness (QED) is 0.306. The minimum atomic E-state index is -0.627. The topological polar surface area (TPSA) is 144 Å². The maximum atomic E-state index is 12.7. The number of anilines is 2. The molecule has 0 amide bonds. The Kier molecular flexibility index (Phi) is 5.18. The van der Waals surface area contributed by atoms with Gasteiger partial charge < -0.3 is 27.2 Å². The van der Waals surface area contributed by atoms with Crippen molar-refractivity contribution in [1.29, 1.82) is 0 Å². The van der Waals surface area contributed by atoms with E-state index < -0.39 is 6.17 Å². The maximum Gasteiger partial charge on any atom is 0.232 e. The van der Waals surface area contributed by atoms with E-state index in [1.165, 1.54) is 17.3 Å². The van der Waals surface area contributed by atoms with Crippen LogP contribution in [0.2, 0.25) is 0 Å². The molecule has 0 saturated heterocycles. The summed E-state index contributed by atoms with van der Waals surface area (Å²) in [7, 11) is 0. The van der Waals surface area contributed by atoms with Gasteiger partial charge in [-0.3, -0.25) is 5.84 Å². The van der Waals surface area contributed by atoms with Crippen molar-refractivity contribution in [1.82, 2.24) is 20.4 Å². The molecule has 0 atom stereocenters. The molecule has 8 nitrogen and oxygen atoms in total. The number of benzene rings is 1. The van der Waals surface area contributed by atoms with E-state index in [2.05, 4.69) is 25.7 Å². The molecule has 1 aliphatic carbocycles. The highest BCUT2D eigenvalue weighted by atomic mass is 19.1. The van der Waals surface area contributed by atoms with Crippen molar-refractivity contribution in [3.8, 4) is 0 Å². The Hall–Kier alpha value is -3.33. The number of fused-ring (bicyclic) bond motifs is 2. The summed E-state index contributed by atoms with van der Waals surface area (Å²) in [6.45, 7) is 0. The molecule has 0 radical (unpaired) electrons. The second-order valence-corrected chi connectivity index (χ2v) is 5.84. The number of nitrogen functional groups attached to an aromatic ring is 1. The van der Waals surface area contributed by atoms with E-state index in [0.29, 0.717) is 30.3 Å². The monoisotopic (exact) mass is 356 g/mol. The van der Waals surface area contributed by atoms with Crippen LogP contribution in [-0.2, 0) is 12.8 Å². The zero-order chi connectivity index (χ0) is 18.5. The first-order chi connectivity index (χ1) is 12.6. The fraction of sp³-hybridized carbons (Fsp3) is 0.176. The summed E-state index contributed by atoms with van der Waals surface area (Å²) < 4.78 is 12.7. The van der Waals surface area contributed by atoms with Crippen LogP contribution in [0, 0.1) is 0 Å². The largest absolute Gasteiger partial charge is 0.384 e. The van der Waals surface area contributed by atoms with E-state index in [-0.39, 0.29) is 5.82 Å². The summed E-state index contributed by atoms with van der Waals surface area (Å²) in [5, 5.41) is 3.51. The van der Waals surface area contributed by atoms with E-state index in [9.17, 15) is 4.39 Å². The molecule has 26 heavy (non-hydrogen) atoms. The summed E-state index contributed by atoms with van der Waals surface area (Å²) in [6, 6.07) is 9.76. The lowest BCUT2D eigenvalue weighted by Gasteiger charge is -2.05. The Morgan fingerprint density at radius 1 is 1.19 bits per heavy atom. The number of aromatic nitrogens is 3. The number of rotatable bonds is 3. The summed E-state index contributed by atoms with van der Waals surface area (Å²) in [5.74, 6) is 6.03. The van der Waals surface area contributed by atoms with Crippen LogP contribution in [0.3, 0.4) is 0 Å². The molecular formula is C17H21FN8. The van der Waals surface area contributed by atoms with Crippen LogP contribution in [0.5, 0.6) is 0 Å². The highest BCUT2D eigenvalue weighted by molar-refractivity contribution is 5.86. The van der Waals surface area contributed by atoms with Crippen molar-refractivity contribution < 1.29 is 4.39 Å². The Balaban J connectivity index is 0.000000167. The summed E-state index contributed by atoms with van der Waals surface area (Å²) in [4.78, 5) is 11.1. The minimum absolute atomic E-state index is 0.285. The van der Waals surface area contributed by atoms with Gasteiger partial charge in [-0.15, -0.1) is 0 Å². The first kappa shape index (κ1) is 17.5. The van der Waals surface area contributed by atoms with Gasteiger partial charge in [0.05, 0.1) is 11.6 Å². The third kappa shape index (κ3) is 4.01. The average molecular weight is 356 g/mol. The number of nitrogens with two attached hydrogens (primary N) is 3. The number of hydrazine groups is 1. The molecule has 1 aliphatic rings. The van der Waals surface area contributed by atoms with Gasteiger partial charge in [0.15, 0.2) is 0 Å². The molecule has 2 aromatic heterocycles. The van der Waals surface area contributed by atoms with Crippen LogP contribution in [0.25, 0.3) is 11.0 Å². The molecule has 0 unspecified atom stereocenters. The Bertz CT molecular complexity index is 895. The van der Waals surface area contributed by atoms with Gasteiger partial charge in [-0.2, -0.15) is 9.97 Å². The first-order valence-corrected chi connectivity index (χ1v) is 8.07. The van der Waals surface area contributed by atoms with Crippen LogP contribution >= 0.6 is 0 Å². The molecule has 9 N–H and O–H groups in total. The van der Waals surface area contributed by atoms with Gasteiger partial charge in [-0.1, -0.05) is 24.3 Å². The van der Waals surface area contributed by atoms with Crippen molar-refractivity contribution in [2.24, 2.45) is 11.6 Å². The molecule has 0 saturated carbocycles. The number of alkyl halides is 1. The van der Waals surface area contributed by atoms with E-state index in [1.807, 2.05) is 24.3 Å². The number of nitrogens with one attached hydrogen (secondary N) is 3. The lowest BCUT2D eigenvalue weighted by Crippen LogP contribution is -2.20. The van der Waals surface area contributed by atoms with Crippen LogP contribution in [-0.4, -0.2) is 21.1 Å². The predicted molar refractivity (Wildman–Crippen MR) is 100 cm³/mol. The number of nitrogens with zero attached hydrogens (tertiary/aromatic N) is 2. The van der Waals surface area contributed by atoms with E-state index in [0.717, 1.165) is 5.39 Å². The Morgan fingerprint density at radius 3 is 2.54 bits per heavy atom. The van der Waals surface area contributed by atoms with Crippen molar-refractivity contribution in [2.75, 3.05) is 11.1 Å². The lowest BCUT2D eigenvalue weighted by atomic mass is 10.1. The van der Waals surface area contributed by atoms with Gasteiger partial charge in [0, 0.05) is 19.0 Å². The third-order valence-corrected chi connectivity index (χ3v) is 3.94.